The number of benzene rings is 3. The van der Waals surface area contributed by atoms with E-state index in [9.17, 15) is 4.79 Å². The van der Waals surface area contributed by atoms with Crippen LogP contribution in [-0.4, -0.2) is 30.2 Å². The third kappa shape index (κ3) is 4.75. The molecule has 1 saturated heterocycles. The highest BCUT2D eigenvalue weighted by Crippen LogP contribution is 2.24. The SMILES string of the molecule is COc1ccc(C=NN=C2NC(=O)CS2)cc1COc1ccc2ccccc2c1. The number of amidine groups is 1. The number of hydrogen-bond acceptors (Lipinski definition) is 6. The number of ether oxygens (including phenoxy) is 2. The Kier molecular flexibility index (Phi) is 5.76. The Morgan fingerprint density at radius 3 is 2.76 bits per heavy atom. The summed E-state index contributed by atoms with van der Waals surface area (Å²) in [4.78, 5) is 11.2. The van der Waals surface area contributed by atoms with Crippen LogP contribution in [0.5, 0.6) is 11.5 Å². The maximum atomic E-state index is 11.2. The van der Waals surface area contributed by atoms with Gasteiger partial charge in [0.25, 0.3) is 0 Å². The van der Waals surface area contributed by atoms with Gasteiger partial charge in [0.1, 0.15) is 18.1 Å². The molecule has 0 aliphatic carbocycles. The van der Waals surface area contributed by atoms with Gasteiger partial charge in [-0.25, -0.2) is 0 Å². The first-order valence-corrected chi connectivity index (χ1v) is 10.0. The molecule has 0 bridgehead atoms. The van der Waals surface area contributed by atoms with Gasteiger partial charge in [0.15, 0.2) is 5.17 Å². The van der Waals surface area contributed by atoms with Crippen molar-refractivity contribution in [1.29, 1.82) is 0 Å². The Hall–Kier alpha value is -3.32. The first-order chi connectivity index (χ1) is 14.2. The molecular weight excluding hydrogens is 386 g/mol. The summed E-state index contributed by atoms with van der Waals surface area (Å²) in [7, 11) is 1.63. The first-order valence-electron chi connectivity index (χ1n) is 9.03. The highest BCUT2D eigenvalue weighted by Gasteiger charge is 2.15. The van der Waals surface area contributed by atoms with Crippen LogP contribution in [0.1, 0.15) is 11.1 Å². The number of nitrogens with zero attached hydrogens (tertiary/aromatic N) is 2. The second kappa shape index (κ2) is 8.79. The normalized spacial score (nSPS) is 15.2. The summed E-state index contributed by atoms with van der Waals surface area (Å²) in [5, 5.41) is 13.5. The largest absolute Gasteiger partial charge is 0.496 e. The molecule has 0 unspecified atom stereocenters. The van der Waals surface area contributed by atoms with Crippen LogP contribution < -0.4 is 14.8 Å². The van der Waals surface area contributed by atoms with Crippen molar-refractivity contribution in [2.75, 3.05) is 12.9 Å². The van der Waals surface area contributed by atoms with Gasteiger partial charge in [-0.1, -0.05) is 42.1 Å². The number of methoxy groups -OCH3 is 1. The fraction of sp³-hybridized carbons (Fsp3) is 0.136. The summed E-state index contributed by atoms with van der Waals surface area (Å²) in [6, 6.07) is 19.9. The second-order valence-corrected chi connectivity index (χ2v) is 7.32. The van der Waals surface area contributed by atoms with E-state index in [1.807, 2.05) is 48.5 Å². The zero-order chi connectivity index (χ0) is 20.1. The standard InChI is InChI=1S/C22H19N3O3S/c1-27-20-9-6-15(12-23-25-22-24-21(26)14-29-22)10-18(20)13-28-19-8-7-16-4-2-3-5-17(16)11-19/h2-12H,13-14H2,1H3,(H,24,25,26). The number of thioether (sulfide) groups is 1. The summed E-state index contributed by atoms with van der Waals surface area (Å²) in [6.07, 6.45) is 1.64. The van der Waals surface area contributed by atoms with Crippen LogP contribution in [-0.2, 0) is 11.4 Å². The minimum Gasteiger partial charge on any atom is -0.496 e. The maximum absolute atomic E-state index is 11.2. The minimum atomic E-state index is -0.0541. The number of nitrogens with one attached hydrogen (secondary N) is 1. The molecule has 0 spiro atoms. The monoisotopic (exact) mass is 405 g/mol. The van der Waals surface area contributed by atoms with E-state index in [1.54, 1.807) is 13.3 Å². The molecule has 7 heteroatoms. The molecule has 1 heterocycles. The van der Waals surface area contributed by atoms with E-state index in [1.165, 1.54) is 17.1 Å². The number of rotatable bonds is 6. The van der Waals surface area contributed by atoms with Gasteiger partial charge < -0.3 is 14.8 Å². The van der Waals surface area contributed by atoms with Crippen LogP contribution in [0.25, 0.3) is 10.8 Å². The Morgan fingerprint density at radius 1 is 1.10 bits per heavy atom. The highest BCUT2D eigenvalue weighted by molar-refractivity contribution is 8.15. The zero-order valence-electron chi connectivity index (χ0n) is 15.8. The van der Waals surface area contributed by atoms with Crippen LogP contribution in [0.2, 0.25) is 0 Å². The Balaban J connectivity index is 1.48. The van der Waals surface area contributed by atoms with Gasteiger partial charge in [-0.15, -0.1) is 5.10 Å². The van der Waals surface area contributed by atoms with Gasteiger partial charge in [-0.2, -0.15) is 5.10 Å². The Bertz CT molecular complexity index is 1110. The van der Waals surface area contributed by atoms with Crippen LogP contribution in [0, 0.1) is 0 Å². The molecule has 0 atom stereocenters. The van der Waals surface area contributed by atoms with Crippen molar-refractivity contribution in [2.45, 2.75) is 6.61 Å². The van der Waals surface area contributed by atoms with Crippen molar-refractivity contribution < 1.29 is 14.3 Å². The lowest BCUT2D eigenvalue weighted by Crippen LogP contribution is -2.19. The quantitative estimate of drug-likeness (QED) is 0.497. The third-order valence-electron chi connectivity index (χ3n) is 4.36. The summed E-state index contributed by atoms with van der Waals surface area (Å²) >= 11 is 1.34. The van der Waals surface area contributed by atoms with E-state index in [4.69, 9.17) is 9.47 Å². The van der Waals surface area contributed by atoms with E-state index < -0.39 is 0 Å². The van der Waals surface area contributed by atoms with Crippen LogP contribution in [0.3, 0.4) is 0 Å². The van der Waals surface area contributed by atoms with Crippen molar-refractivity contribution in [3.8, 4) is 11.5 Å². The third-order valence-corrected chi connectivity index (χ3v) is 5.23. The van der Waals surface area contributed by atoms with Gasteiger partial charge in [-0.05, 0) is 46.7 Å². The molecule has 29 heavy (non-hydrogen) atoms. The maximum Gasteiger partial charge on any atom is 0.236 e. The lowest BCUT2D eigenvalue weighted by atomic mass is 10.1. The molecule has 146 valence electrons. The van der Waals surface area contributed by atoms with E-state index in [0.717, 1.165) is 28.0 Å². The molecule has 3 aromatic rings. The lowest BCUT2D eigenvalue weighted by Gasteiger charge is -2.11. The van der Waals surface area contributed by atoms with Crippen molar-refractivity contribution >= 4 is 39.8 Å². The topological polar surface area (TPSA) is 72.3 Å². The van der Waals surface area contributed by atoms with Gasteiger partial charge in [0.2, 0.25) is 5.91 Å². The molecule has 0 aromatic heterocycles. The van der Waals surface area contributed by atoms with Crippen LogP contribution >= 0.6 is 11.8 Å². The van der Waals surface area contributed by atoms with E-state index >= 15 is 0 Å². The van der Waals surface area contributed by atoms with Crippen LogP contribution in [0.4, 0.5) is 0 Å². The summed E-state index contributed by atoms with van der Waals surface area (Å²) < 4.78 is 11.4. The van der Waals surface area contributed by atoms with Crippen molar-refractivity contribution in [1.82, 2.24) is 5.32 Å². The van der Waals surface area contributed by atoms with Gasteiger partial charge in [0.05, 0.1) is 19.1 Å². The minimum absolute atomic E-state index is 0.0541. The number of fused-ring (bicyclic) bond motifs is 1. The Labute approximate surface area is 172 Å². The molecule has 1 fully saturated rings. The fourth-order valence-electron chi connectivity index (χ4n) is 2.94. The molecule has 4 rings (SSSR count). The number of hydrogen-bond donors (Lipinski definition) is 1. The highest BCUT2D eigenvalue weighted by atomic mass is 32.2. The fourth-order valence-corrected chi connectivity index (χ4v) is 3.57. The summed E-state index contributed by atoms with van der Waals surface area (Å²) in [6.45, 7) is 0.365. The Morgan fingerprint density at radius 2 is 1.97 bits per heavy atom. The molecule has 1 aliphatic rings. The molecule has 0 radical (unpaired) electrons. The van der Waals surface area contributed by atoms with Gasteiger partial charge >= 0.3 is 0 Å². The number of carbonyl (C=O) groups excluding carboxylic acids is 1. The molecule has 3 aromatic carbocycles. The average molecular weight is 405 g/mol. The molecule has 0 saturated carbocycles. The van der Waals surface area contributed by atoms with Gasteiger partial charge in [-0.3, -0.25) is 4.79 Å². The molecule has 1 aliphatic heterocycles. The van der Waals surface area contributed by atoms with E-state index in [2.05, 4.69) is 27.7 Å². The molecule has 6 nitrogen and oxygen atoms in total. The predicted molar refractivity (Wildman–Crippen MR) is 117 cm³/mol. The molecule has 1 amide bonds. The van der Waals surface area contributed by atoms with Crippen molar-refractivity contribution in [3.05, 3.63) is 71.8 Å². The van der Waals surface area contributed by atoms with E-state index in [-0.39, 0.29) is 5.91 Å². The number of carbonyl (C=O) groups is 1. The van der Waals surface area contributed by atoms with Gasteiger partial charge in [0, 0.05) is 5.56 Å². The summed E-state index contributed by atoms with van der Waals surface area (Å²) in [5.41, 5.74) is 1.77. The van der Waals surface area contributed by atoms with Crippen LogP contribution in [0.15, 0.2) is 70.9 Å². The first kappa shape index (κ1) is 19.0. The number of amides is 1. The van der Waals surface area contributed by atoms with Crippen molar-refractivity contribution in [3.63, 3.8) is 0 Å². The zero-order valence-corrected chi connectivity index (χ0v) is 16.6. The second-order valence-electron chi connectivity index (χ2n) is 6.36. The smallest absolute Gasteiger partial charge is 0.236 e. The van der Waals surface area contributed by atoms with E-state index in [0.29, 0.717) is 17.5 Å². The van der Waals surface area contributed by atoms with Crippen molar-refractivity contribution in [2.24, 2.45) is 10.2 Å². The molecular formula is C22H19N3O3S. The predicted octanol–water partition coefficient (Wildman–Crippen LogP) is 3.98. The summed E-state index contributed by atoms with van der Waals surface area (Å²) in [5.74, 6) is 1.87. The molecule has 1 N–H and O–H groups in total. The average Bonchev–Trinajstić information content (AvgIpc) is 3.17. The lowest BCUT2D eigenvalue weighted by molar-refractivity contribution is -0.116.